The quantitative estimate of drug-likeness (QED) is 0.635. The van der Waals surface area contributed by atoms with Gasteiger partial charge >= 0.3 is 0 Å². The van der Waals surface area contributed by atoms with E-state index in [4.69, 9.17) is 0 Å². The molecule has 3 heteroatoms. The fourth-order valence-corrected chi connectivity index (χ4v) is 2.83. The van der Waals surface area contributed by atoms with Gasteiger partial charge in [0.1, 0.15) is 0 Å². The van der Waals surface area contributed by atoms with Crippen LogP contribution in [0.25, 0.3) is 11.0 Å². The topological polar surface area (TPSA) is 17.8 Å². The van der Waals surface area contributed by atoms with E-state index in [1.807, 2.05) is 17.8 Å². The van der Waals surface area contributed by atoms with Gasteiger partial charge < -0.3 is 4.57 Å². The molecule has 0 amide bonds. The minimum Gasteiger partial charge on any atom is -0.318 e. The van der Waals surface area contributed by atoms with E-state index in [0.717, 1.165) is 12.1 Å². The van der Waals surface area contributed by atoms with Crippen LogP contribution in [-0.2, 0) is 6.54 Å². The maximum atomic E-state index is 4.57. The number of fused-ring (bicyclic) bond motifs is 3. The van der Waals surface area contributed by atoms with Crippen LogP contribution < -0.4 is 0 Å². The van der Waals surface area contributed by atoms with Crippen LogP contribution in [0.3, 0.4) is 0 Å². The molecule has 0 spiro atoms. The number of imidazole rings is 1. The van der Waals surface area contributed by atoms with Crippen LogP contribution >= 0.6 is 11.8 Å². The molecule has 1 atom stereocenters. The summed E-state index contributed by atoms with van der Waals surface area (Å²) in [6, 6.07) is 8.33. The molecular formula is C10H10N2S. The second-order valence-corrected chi connectivity index (χ2v) is 4.83. The van der Waals surface area contributed by atoms with Gasteiger partial charge in [0.15, 0.2) is 5.16 Å². The summed E-state index contributed by atoms with van der Waals surface area (Å²) in [5.41, 5.74) is 2.39. The Morgan fingerprint density at radius 1 is 1.46 bits per heavy atom. The fourth-order valence-electron chi connectivity index (χ4n) is 1.79. The third kappa shape index (κ3) is 1.000. The van der Waals surface area contributed by atoms with Crippen LogP contribution in [0.2, 0.25) is 0 Å². The third-order valence-corrected chi connectivity index (χ3v) is 3.44. The molecule has 66 valence electrons. The van der Waals surface area contributed by atoms with Gasteiger partial charge in [-0.05, 0) is 12.1 Å². The minimum absolute atomic E-state index is 0.673. The maximum Gasteiger partial charge on any atom is 0.169 e. The number of nitrogens with zero attached hydrogens (tertiary/aromatic N) is 2. The normalized spacial score (nSPS) is 20.8. The molecule has 0 N–H and O–H groups in total. The largest absolute Gasteiger partial charge is 0.318 e. The lowest BCUT2D eigenvalue weighted by molar-refractivity contribution is 0.688. The summed E-state index contributed by atoms with van der Waals surface area (Å²) < 4.78 is 2.31. The van der Waals surface area contributed by atoms with Crippen LogP contribution in [0.1, 0.15) is 6.92 Å². The van der Waals surface area contributed by atoms with Crippen molar-refractivity contribution in [1.29, 1.82) is 0 Å². The lowest BCUT2D eigenvalue weighted by Gasteiger charge is -1.99. The van der Waals surface area contributed by atoms with Crippen molar-refractivity contribution in [3.8, 4) is 0 Å². The van der Waals surface area contributed by atoms with Crippen molar-refractivity contribution < 1.29 is 0 Å². The molecule has 13 heavy (non-hydrogen) atoms. The molecule has 0 fully saturated rings. The molecule has 0 aliphatic carbocycles. The molecule has 0 bridgehead atoms. The lowest BCUT2D eigenvalue weighted by Crippen LogP contribution is -1.99. The van der Waals surface area contributed by atoms with Gasteiger partial charge in [0, 0.05) is 11.8 Å². The maximum absolute atomic E-state index is 4.57. The molecule has 1 aromatic carbocycles. The molecule has 2 aromatic rings. The van der Waals surface area contributed by atoms with E-state index < -0.39 is 0 Å². The van der Waals surface area contributed by atoms with Gasteiger partial charge in [0.25, 0.3) is 0 Å². The van der Waals surface area contributed by atoms with E-state index >= 15 is 0 Å². The van der Waals surface area contributed by atoms with E-state index in [1.165, 1.54) is 10.7 Å². The minimum atomic E-state index is 0.673. The summed E-state index contributed by atoms with van der Waals surface area (Å²) in [6.45, 7) is 3.34. The Hall–Kier alpha value is -0.960. The van der Waals surface area contributed by atoms with Crippen molar-refractivity contribution in [3.63, 3.8) is 0 Å². The average molecular weight is 190 g/mol. The summed E-state index contributed by atoms with van der Waals surface area (Å²) in [7, 11) is 0. The van der Waals surface area contributed by atoms with Crippen molar-refractivity contribution in [1.82, 2.24) is 9.55 Å². The number of hydrogen-bond donors (Lipinski definition) is 0. The highest BCUT2D eigenvalue weighted by molar-refractivity contribution is 8.00. The van der Waals surface area contributed by atoms with Gasteiger partial charge in [-0.3, -0.25) is 0 Å². The van der Waals surface area contributed by atoms with Crippen LogP contribution in [0.15, 0.2) is 29.4 Å². The smallest absolute Gasteiger partial charge is 0.169 e. The van der Waals surface area contributed by atoms with Crippen LogP contribution in [0.5, 0.6) is 0 Å². The molecule has 2 heterocycles. The highest BCUT2D eigenvalue weighted by atomic mass is 32.2. The molecule has 1 unspecified atom stereocenters. The summed E-state index contributed by atoms with van der Waals surface area (Å²) >= 11 is 1.87. The Bertz CT molecular complexity index is 461. The van der Waals surface area contributed by atoms with Gasteiger partial charge in [0.2, 0.25) is 0 Å². The molecule has 0 radical (unpaired) electrons. The summed E-state index contributed by atoms with van der Waals surface area (Å²) in [5, 5.41) is 1.85. The van der Waals surface area contributed by atoms with Crippen LogP contribution in [0, 0.1) is 0 Å². The number of hydrogen-bond acceptors (Lipinski definition) is 2. The zero-order valence-corrected chi connectivity index (χ0v) is 8.21. The molecular weight excluding hydrogens is 180 g/mol. The highest BCUT2D eigenvalue weighted by Gasteiger charge is 2.21. The van der Waals surface area contributed by atoms with E-state index in [0.29, 0.717) is 5.25 Å². The average Bonchev–Trinajstić information content (AvgIpc) is 2.60. The predicted molar refractivity (Wildman–Crippen MR) is 55.1 cm³/mol. The first-order valence-corrected chi connectivity index (χ1v) is 5.34. The Morgan fingerprint density at radius 3 is 3.23 bits per heavy atom. The second-order valence-electron chi connectivity index (χ2n) is 3.42. The van der Waals surface area contributed by atoms with E-state index in [2.05, 4.69) is 34.7 Å². The van der Waals surface area contributed by atoms with Gasteiger partial charge in [-0.15, -0.1) is 0 Å². The first kappa shape index (κ1) is 7.44. The molecule has 3 rings (SSSR count). The highest BCUT2D eigenvalue weighted by Crippen LogP contribution is 2.34. The van der Waals surface area contributed by atoms with Crippen molar-refractivity contribution in [3.05, 3.63) is 24.3 Å². The monoisotopic (exact) mass is 190 g/mol. The lowest BCUT2D eigenvalue weighted by atomic mass is 10.3. The predicted octanol–water partition coefficient (Wildman–Crippen LogP) is 2.53. The Morgan fingerprint density at radius 2 is 2.31 bits per heavy atom. The Balaban J connectivity index is 2.31. The van der Waals surface area contributed by atoms with Crippen LogP contribution in [0.4, 0.5) is 0 Å². The Kier molecular flexibility index (Phi) is 1.44. The van der Waals surface area contributed by atoms with Gasteiger partial charge in [-0.1, -0.05) is 30.8 Å². The van der Waals surface area contributed by atoms with Crippen molar-refractivity contribution in [2.24, 2.45) is 0 Å². The molecule has 1 aliphatic heterocycles. The zero-order valence-electron chi connectivity index (χ0n) is 7.40. The van der Waals surface area contributed by atoms with E-state index in [-0.39, 0.29) is 0 Å². The number of aromatic nitrogens is 2. The SMILES string of the molecule is CC1Cn2c(nc3ccccc32)S1. The first-order valence-electron chi connectivity index (χ1n) is 4.46. The number of benzene rings is 1. The summed E-state index contributed by atoms with van der Waals surface area (Å²) in [6.07, 6.45) is 0. The Labute approximate surface area is 81.0 Å². The number of thioether (sulfide) groups is 1. The molecule has 1 aromatic heterocycles. The number of para-hydroxylation sites is 2. The van der Waals surface area contributed by atoms with Crippen molar-refractivity contribution >= 4 is 22.8 Å². The van der Waals surface area contributed by atoms with Crippen LogP contribution in [-0.4, -0.2) is 14.8 Å². The molecule has 1 aliphatic rings. The molecule has 2 nitrogen and oxygen atoms in total. The second kappa shape index (κ2) is 2.51. The molecule has 0 saturated heterocycles. The molecule has 0 saturated carbocycles. The van der Waals surface area contributed by atoms with E-state index in [1.54, 1.807) is 0 Å². The van der Waals surface area contributed by atoms with Gasteiger partial charge in [-0.2, -0.15) is 0 Å². The standard InChI is InChI=1S/C10H10N2S/c1-7-6-12-9-5-3-2-4-8(9)11-10(12)13-7/h2-5,7H,6H2,1H3. The zero-order chi connectivity index (χ0) is 8.84. The van der Waals surface area contributed by atoms with Gasteiger partial charge in [-0.25, -0.2) is 4.98 Å². The fraction of sp³-hybridized carbons (Fsp3) is 0.300. The number of rotatable bonds is 0. The summed E-state index contributed by atoms with van der Waals surface area (Å²) in [4.78, 5) is 4.57. The summed E-state index contributed by atoms with van der Waals surface area (Å²) in [5.74, 6) is 0. The van der Waals surface area contributed by atoms with Crippen molar-refractivity contribution in [2.75, 3.05) is 0 Å². The van der Waals surface area contributed by atoms with Gasteiger partial charge in [0.05, 0.1) is 11.0 Å². The third-order valence-electron chi connectivity index (χ3n) is 2.37. The van der Waals surface area contributed by atoms with E-state index in [9.17, 15) is 0 Å². The van der Waals surface area contributed by atoms with Crippen molar-refractivity contribution in [2.45, 2.75) is 23.9 Å². The first-order chi connectivity index (χ1) is 6.34.